The monoisotopic (exact) mass is 527 g/mol. The first-order chi connectivity index (χ1) is 14.3. The molecule has 1 saturated heterocycles. The van der Waals surface area contributed by atoms with Crippen molar-refractivity contribution in [2.75, 3.05) is 4.90 Å². The van der Waals surface area contributed by atoms with Gasteiger partial charge in [0.05, 0.1) is 5.69 Å². The highest BCUT2D eigenvalue weighted by Crippen LogP contribution is 2.28. The number of hydrogen-bond acceptors (Lipinski definition) is 3. The van der Waals surface area contributed by atoms with Crippen molar-refractivity contribution >= 4 is 61.5 Å². The number of rotatable bonds is 3. The van der Waals surface area contributed by atoms with E-state index >= 15 is 0 Å². The molecule has 8 heteroatoms. The fourth-order valence-electron chi connectivity index (χ4n) is 3.27. The number of nitrogens with zero attached hydrogens (tertiary/aromatic N) is 2. The lowest BCUT2D eigenvalue weighted by Crippen LogP contribution is -2.54. The van der Waals surface area contributed by atoms with Crippen LogP contribution in [0.5, 0.6) is 0 Å². The van der Waals surface area contributed by atoms with Crippen LogP contribution >= 0.6 is 31.9 Å². The van der Waals surface area contributed by atoms with Gasteiger partial charge in [0, 0.05) is 26.5 Å². The number of anilines is 1. The molecule has 4 rings (SSSR count). The first-order valence-electron chi connectivity index (χ1n) is 8.96. The molecule has 1 aromatic heterocycles. The minimum Gasteiger partial charge on any atom is -0.317 e. The number of carbonyl (C=O) groups is 3. The molecule has 0 unspecified atom stereocenters. The van der Waals surface area contributed by atoms with Gasteiger partial charge in [-0.15, -0.1) is 0 Å². The molecule has 150 valence electrons. The summed E-state index contributed by atoms with van der Waals surface area (Å²) in [5.41, 5.74) is 2.52. The van der Waals surface area contributed by atoms with Gasteiger partial charge in [-0.05, 0) is 67.1 Å². The van der Waals surface area contributed by atoms with Crippen molar-refractivity contribution in [3.05, 3.63) is 86.6 Å². The fraction of sp³-hybridized carbons (Fsp3) is 0.0455. The van der Waals surface area contributed by atoms with Gasteiger partial charge in [0.2, 0.25) is 0 Å². The highest BCUT2D eigenvalue weighted by atomic mass is 79.9. The Morgan fingerprint density at radius 3 is 2.43 bits per heavy atom. The summed E-state index contributed by atoms with van der Waals surface area (Å²) in [4.78, 5) is 39.1. The third-order valence-corrected chi connectivity index (χ3v) is 5.65. The molecule has 0 aliphatic carbocycles. The Labute approximate surface area is 189 Å². The van der Waals surface area contributed by atoms with Crippen LogP contribution in [0.2, 0.25) is 0 Å². The number of imide groups is 2. The van der Waals surface area contributed by atoms with E-state index in [1.54, 1.807) is 31.2 Å². The van der Waals surface area contributed by atoms with Gasteiger partial charge in [-0.25, -0.2) is 9.69 Å². The largest absolute Gasteiger partial charge is 0.335 e. The number of halogens is 2. The van der Waals surface area contributed by atoms with E-state index in [2.05, 4.69) is 37.2 Å². The summed E-state index contributed by atoms with van der Waals surface area (Å²) in [5, 5.41) is 2.26. The van der Waals surface area contributed by atoms with E-state index in [1.165, 1.54) is 6.08 Å². The van der Waals surface area contributed by atoms with Crippen LogP contribution in [0.25, 0.3) is 11.8 Å². The summed E-state index contributed by atoms with van der Waals surface area (Å²) < 4.78 is 3.58. The first-order valence-corrected chi connectivity index (χ1v) is 10.5. The Kier molecular flexibility index (Phi) is 5.44. The lowest BCUT2D eigenvalue weighted by atomic mass is 10.1. The molecule has 3 aromatic rings. The standard InChI is InChI=1S/C22H15Br2N3O3/c1-13-10-15(24)7-8-19(13)27-21(29)18(20(28)25-22(27)30)12-17-6-3-9-26(17)16-5-2-4-14(23)11-16/h2-12H,1H3,(H,25,28,30)/b18-12+. The predicted octanol–water partition coefficient (Wildman–Crippen LogP) is 4.98. The average molecular weight is 529 g/mol. The molecule has 0 saturated carbocycles. The van der Waals surface area contributed by atoms with E-state index in [9.17, 15) is 14.4 Å². The number of aromatic nitrogens is 1. The molecule has 1 aliphatic heterocycles. The normalized spacial score (nSPS) is 15.6. The Bertz CT molecular complexity index is 1230. The van der Waals surface area contributed by atoms with Crippen LogP contribution in [0.3, 0.4) is 0 Å². The quantitative estimate of drug-likeness (QED) is 0.385. The molecule has 6 nitrogen and oxygen atoms in total. The zero-order valence-corrected chi connectivity index (χ0v) is 18.9. The molecule has 0 bridgehead atoms. The van der Waals surface area contributed by atoms with Gasteiger partial charge in [-0.3, -0.25) is 14.9 Å². The summed E-state index contributed by atoms with van der Waals surface area (Å²) in [6.45, 7) is 1.79. The average Bonchev–Trinajstić information content (AvgIpc) is 3.15. The van der Waals surface area contributed by atoms with E-state index < -0.39 is 17.8 Å². The SMILES string of the molecule is Cc1cc(Br)ccc1N1C(=O)NC(=O)/C(=C\c2cccn2-c2cccc(Br)c2)C1=O. The molecule has 30 heavy (non-hydrogen) atoms. The van der Waals surface area contributed by atoms with Gasteiger partial charge in [0.1, 0.15) is 5.57 Å². The maximum absolute atomic E-state index is 13.2. The molecule has 0 atom stereocenters. The van der Waals surface area contributed by atoms with Crippen molar-refractivity contribution < 1.29 is 14.4 Å². The van der Waals surface area contributed by atoms with Crippen molar-refractivity contribution in [1.29, 1.82) is 0 Å². The van der Waals surface area contributed by atoms with E-state index in [1.807, 2.05) is 41.1 Å². The zero-order chi connectivity index (χ0) is 21.4. The lowest BCUT2D eigenvalue weighted by molar-refractivity contribution is -0.122. The molecule has 0 spiro atoms. The van der Waals surface area contributed by atoms with Crippen molar-refractivity contribution in [3.8, 4) is 5.69 Å². The Morgan fingerprint density at radius 1 is 0.933 bits per heavy atom. The molecular weight excluding hydrogens is 514 g/mol. The van der Waals surface area contributed by atoms with Gasteiger partial charge in [-0.1, -0.05) is 37.9 Å². The van der Waals surface area contributed by atoms with E-state index in [0.29, 0.717) is 11.4 Å². The van der Waals surface area contributed by atoms with Gasteiger partial charge in [0.15, 0.2) is 0 Å². The molecule has 1 fully saturated rings. The van der Waals surface area contributed by atoms with Crippen LogP contribution in [0.15, 0.2) is 75.3 Å². The van der Waals surface area contributed by atoms with Crippen LogP contribution in [0.1, 0.15) is 11.3 Å². The molecule has 2 aromatic carbocycles. The van der Waals surface area contributed by atoms with Crippen molar-refractivity contribution in [1.82, 2.24) is 9.88 Å². The predicted molar refractivity (Wildman–Crippen MR) is 121 cm³/mol. The van der Waals surface area contributed by atoms with Crippen LogP contribution in [-0.4, -0.2) is 22.4 Å². The number of nitrogens with one attached hydrogen (secondary N) is 1. The zero-order valence-electron chi connectivity index (χ0n) is 15.7. The Hall–Kier alpha value is -2.97. The van der Waals surface area contributed by atoms with E-state index in [0.717, 1.165) is 25.1 Å². The number of benzene rings is 2. The molecule has 1 aliphatic rings. The number of hydrogen-bond donors (Lipinski definition) is 1. The number of amides is 4. The number of aryl methyl sites for hydroxylation is 1. The van der Waals surface area contributed by atoms with Crippen molar-refractivity contribution in [2.45, 2.75) is 6.92 Å². The van der Waals surface area contributed by atoms with E-state index in [4.69, 9.17) is 0 Å². The second-order valence-corrected chi connectivity index (χ2v) is 8.50. The maximum atomic E-state index is 13.2. The Balaban J connectivity index is 1.77. The third kappa shape index (κ3) is 3.76. The highest BCUT2D eigenvalue weighted by molar-refractivity contribution is 9.10. The minimum absolute atomic E-state index is 0.119. The van der Waals surface area contributed by atoms with Crippen LogP contribution in [-0.2, 0) is 9.59 Å². The summed E-state index contributed by atoms with van der Waals surface area (Å²) in [6, 6.07) is 15.7. The van der Waals surface area contributed by atoms with Crippen molar-refractivity contribution in [3.63, 3.8) is 0 Å². The second kappa shape index (κ2) is 8.04. The van der Waals surface area contributed by atoms with Gasteiger partial charge < -0.3 is 4.57 Å². The molecule has 1 N–H and O–H groups in total. The highest BCUT2D eigenvalue weighted by Gasteiger charge is 2.37. The maximum Gasteiger partial charge on any atom is 0.335 e. The molecule has 4 amide bonds. The van der Waals surface area contributed by atoms with E-state index in [-0.39, 0.29) is 5.57 Å². The topological polar surface area (TPSA) is 71.4 Å². The summed E-state index contributed by atoms with van der Waals surface area (Å²) in [5.74, 6) is -1.39. The van der Waals surface area contributed by atoms with Crippen LogP contribution in [0, 0.1) is 6.92 Å². The smallest absolute Gasteiger partial charge is 0.317 e. The lowest BCUT2D eigenvalue weighted by Gasteiger charge is -2.27. The molecule has 2 heterocycles. The van der Waals surface area contributed by atoms with Crippen molar-refractivity contribution in [2.24, 2.45) is 0 Å². The summed E-state index contributed by atoms with van der Waals surface area (Å²) in [6.07, 6.45) is 3.33. The molecule has 0 radical (unpaired) electrons. The first kappa shape index (κ1) is 20.3. The summed E-state index contributed by atoms with van der Waals surface area (Å²) in [7, 11) is 0. The van der Waals surface area contributed by atoms with Crippen LogP contribution in [0.4, 0.5) is 10.5 Å². The fourth-order valence-corrected chi connectivity index (χ4v) is 4.13. The Morgan fingerprint density at radius 2 is 1.70 bits per heavy atom. The third-order valence-electron chi connectivity index (χ3n) is 4.66. The van der Waals surface area contributed by atoms with Gasteiger partial charge in [-0.2, -0.15) is 0 Å². The van der Waals surface area contributed by atoms with Crippen LogP contribution < -0.4 is 10.2 Å². The number of carbonyl (C=O) groups excluding carboxylic acids is 3. The molecular formula is C22H15Br2N3O3. The summed E-state index contributed by atoms with van der Waals surface area (Å²) >= 11 is 6.82. The minimum atomic E-state index is -0.769. The van der Waals surface area contributed by atoms with Gasteiger partial charge >= 0.3 is 6.03 Å². The number of barbiturate groups is 1. The number of urea groups is 1. The van der Waals surface area contributed by atoms with Gasteiger partial charge in [0.25, 0.3) is 11.8 Å². The second-order valence-electron chi connectivity index (χ2n) is 6.67.